The molecule has 0 radical (unpaired) electrons. The van der Waals surface area contributed by atoms with Crippen molar-refractivity contribution in [1.82, 2.24) is 0 Å². The van der Waals surface area contributed by atoms with Crippen LogP contribution in [0.2, 0.25) is 0 Å². The highest BCUT2D eigenvalue weighted by Crippen LogP contribution is 2.46. The molecule has 4 nitrogen and oxygen atoms in total. The topological polar surface area (TPSA) is 42.5 Å². The summed E-state index contributed by atoms with van der Waals surface area (Å²) in [6.07, 6.45) is 0. The standard InChI is InChI=1S/C38H30Br2N2O2/c1-43-33-19-15-31(16-20-33)41-30-13-7-25(8-14-30)35-23-24-36(42-32-17-21-34(44-2)22-18-32)38(27-5-11-29(40)12-6-27)37(35)26-3-9-28(39)10-4-26/h3-24,41-42H,1-2H3. The van der Waals surface area contributed by atoms with Gasteiger partial charge in [0.2, 0.25) is 0 Å². The van der Waals surface area contributed by atoms with E-state index in [1.54, 1.807) is 14.2 Å². The highest BCUT2D eigenvalue weighted by Gasteiger charge is 2.19. The molecule has 0 atom stereocenters. The Hall–Kier alpha value is -4.52. The van der Waals surface area contributed by atoms with E-state index in [0.717, 1.165) is 76.6 Å². The first-order valence-electron chi connectivity index (χ1n) is 14.1. The average Bonchev–Trinajstić information content (AvgIpc) is 3.06. The summed E-state index contributed by atoms with van der Waals surface area (Å²) in [5.41, 5.74) is 10.8. The van der Waals surface area contributed by atoms with Gasteiger partial charge in [0.1, 0.15) is 11.5 Å². The van der Waals surface area contributed by atoms with Crippen LogP contribution < -0.4 is 20.1 Å². The van der Waals surface area contributed by atoms with Crippen LogP contribution in [0.4, 0.5) is 22.7 Å². The normalized spacial score (nSPS) is 10.7. The molecule has 6 aromatic carbocycles. The van der Waals surface area contributed by atoms with Gasteiger partial charge in [-0.25, -0.2) is 0 Å². The summed E-state index contributed by atoms with van der Waals surface area (Å²) in [5, 5.41) is 7.18. The summed E-state index contributed by atoms with van der Waals surface area (Å²) in [6, 6.07) is 45.9. The average molecular weight is 706 g/mol. The van der Waals surface area contributed by atoms with Gasteiger partial charge in [0.25, 0.3) is 0 Å². The number of anilines is 4. The van der Waals surface area contributed by atoms with Gasteiger partial charge in [-0.3, -0.25) is 0 Å². The van der Waals surface area contributed by atoms with Gasteiger partial charge in [0, 0.05) is 37.3 Å². The molecule has 0 amide bonds. The zero-order valence-electron chi connectivity index (χ0n) is 24.3. The molecule has 218 valence electrons. The number of rotatable bonds is 9. The molecule has 0 aliphatic heterocycles. The maximum Gasteiger partial charge on any atom is 0.119 e. The van der Waals surface area contributed by atoms with Crippen LogP contribution in [0.3, 0.4) is 0 Å². The van der Waals surface area contributed by atoms with E-state index in [2.05, 4.69) is 127 Å². The van der Waals surface area contributed by atoms with Crippen molar-refractivity contribution in [2.75, 3.05) is 24.9 Å². The Morgan fingerprint density at radius 3 is 1.30 bits per heavy atom. The lowest BCUT2D eigenvalue weighted by Gasteiger charge is -2.21. The molecule has 0 aromatic heterocycles. The molecule has 0 spiro atoms. The van der Waals surface area contributed by atoms with E-state index in [4.69, 9.17) is 9.47 Å². The third-order valence-electron chi connectivity index (χ3n) is 7.41. The van der Waals surface area contributed by atoms with Gasteiger partial charge in [-0.05, 0) is 119 Å². The van der Waals surface area contributed by atoms with E-state index in [-0.39, 0.29) is 0 Å². The van der Waals surface area contributed by atoms with E-state index in [1.165, 1.54) is 0 Å². The van der Waals surface area contributed by atoms with Crippen molar-refractivity contribution >= 4 is 54.6 Å². The first kappa shape index (κ1) is 29.5. The molecule has 0 aliphatic carbocycles. The van der Waals surface area contributed by atoms with Gasteiger partial charge in [-0.1, -0.05) is 74.3 Å². The van der Waals surface area contributed by atoms with Crippen LogP contribution >= 0.6 is 31.9 Å². The molecular formula is C38H30Br2N2O2. The molecule has 6 heteroatoms. The van der Waals surface area contributed by atoms with Crippen LogP contribution in [0, 0.1) is 0 Å². The Morgan fingerprint density at radius 2 is 0.818 bits per heavy atom. The monoisotopic (exact) mass is 704 g/mol. The number of nitrogens with one attached hydrogen (secondary N) is 2. The van der Waals surface area contributed by atoms with E-state index in [0.29, 0.717) is 0 Å². The summed E-state index contributed by atoms with van der Waals surface area (Å²) in [5.74, 6) is 1.65. The largest absolute Gasteiger partial charge is 0.497 e. The summed E-state index contributed by atoms with van der Waals surface area (Å²) >= 11 is 7.24. The highest BCUT2D eigenvalue weighted by molar-refractivity contribution is 9.10. The zero-order chi connectivity index (χ0) is 30.5. The van der Waals surface area contributed by atoms with Gasteiger partial charge in [-0.15, -0.1) is 0 Å². The fourth-order valence-corrected chi connectivity index (χ4v) is 5.71. The van der Waals surface area contributed by atoms with Crippen molar-refractivity contribution in [3.05, 3.63) is 142 Å². The lowest BCUT2D eigenvalue weighted by molar-refractivity contribution is 0.415. The molecule has 0 fully saturated rings. The molecule has 0 unspecified atom stereocenters. The molecule has 6 rings (SSSR count). The minimum atomic E-state index is 0.819. The summed E-state index contributed by atoms with van der Waals surface area (Å²) in [4.78, 5) is 0. The zero-order valence-corrected chi connectivity index (χ0v) is 27.4. The fraction of sp³-hybridized carbons (Fsp3) is 0.0526. The van der Waals surface area contributed by atoms with E-state index in [9.17, 15) is 0 Å². The lowest BCUT2D eigenvalue weighted by Crippen LogP contribution is -1.98. The van der Waals surface area contributed by atoms with Crippen molar-refractivity contribution in [1.29, 1.82) is 0 Å². The van der Waals surface area contributed by atoms with Gasteiger partial charge in [-0.2, -0.15) is 0 Å². The van der Waals surface area contributed by atoms with Crippen molar-refractivity contribution in [2.45, 2.75) is 0 Å². The number of methoxy groups -OCH3 is 2. The quantitative estimate of drug-likeness (QED) is 0.157. The second-order valence-electron chi connectivity index (χ2n) is 10.2. The molecule has 44 heavy (non-hydrogen) atoms. The van der Waals surface area contributed by atoms with Crippen LogP contribution in [0.25, 0.3) is 33.4 Å². The van der Waals surface area contributed by atoms with E-state index >= 15 is 0 Å². The SMILES string of the molecule is COc1ccc(Nc2ccc(-c3ccc(Nc4ccc(OC)cc4)c(-c4ccc(Br)cc4)c3-c3ccc(Br)cc3)cc2)cc1. The third kappa shape index (κ3) is 6.67. The number of ether oxygens (including phenoxy) is 2. The smallest absolute Gasteiger partial charge is 0.119 e. The summed E-state index contributed by atoms with van der Waals surface area (Å²) in [6.45, 7) is 0. The molecule has 0 saturated carbocycles. The third-order valence-corrected chi connectivity index (χ3v) is 8.47. The fourth-order valence-electron chi connectivity index (χ4n) is 5.18. The van der Waals surface area contributed by atoms with Crippen LogP contribution in [-0.2, 0) is 0 Å². The van der Waals surface area contributed by atoms with Crippen molar-refractivity contribution in [3.63, 3.8) is 0 Å². The van der Waals surface area contributed by atoms with Crippen molar-refractivity contribution in [3.8, 4) is 44.9 Å². The van der Waals surface area contributed by atoms with Crippen molar-refractivity contribution in [2.24, 2.45) is 0 Å². The minimum absolute atomic E-state index is 0.819. The maximum atomic E-state index is 5.38. The maximum absolute atomic E-state index is 5.38. The second kappa shape index (κ2) is 13.4. The summed E-state index contributed by atoms with van der Waals surface area (Å²) in [7, 11) is 3.35. The van der Waals surface area contributed by atoms with Gasteiger partial charge < -0.3 is 20.1 Å². The van der Waals surface area contributed by atoms with Crippen LogP contribution in [0.1, 0.15) is 0 Å². The lowest BCUT2D eigenvalue weighted by atomic mass is 9.86. The van der Waals surface area contributed by atoms with Crippen molar-refractivity contribution < 1.29 is 9.47 Å². The number of halogens is 2. The second-order valence-corrected chi connectivity index (χ2v) is 12.0. The van der Waals surface area contributed by atoms with Crippen LogP contribution in [0.15, 0.2) is 142 Å². The minimum Gasteiger partial charge on any atom is -0.497 e. The Kier molecular flexibility index (Phi) is 9.01. The number of hydrogen-bond acceptors (Lipinski definition) is 4. The molecule has 2 N–H and O–H groups in total. The first-order chi connectivity index (χ1) is 21.5. The van der Waals surface area contributed by atoms with Gasteiger partial charge >= 0.3 is 0 Å². The van der Waals surface area contributed by atoms with E-state index in [1.807, 2.05) is 48.5 Å². The number of benzene rings is 6. The summed E-state index contributed by atoms with van der Waals surface area (Å²) < 4.78 is 12.7. The Bertz CT molecular complexity index is 1850. The van der Waals surface area contributed by atoms with Crippen LogP contribution in [-0.4, -0.2) is 14.2 Å². The first-order valence-corrected chi connectivity index (χ1v) is 15.7. The Morgan fingerprint density at radius 1 is 0.409 bits per heavy atom. The Balaban J connectivity index is 1.47. The molecule has 0 bridgehead atoms. The highest BCUT2D eigenvalue weighted by atomic mass is 79.9. The van der Waals surface area contributed by atoms with Gasteiger partial charge in [0.05, 0.1) is 14.2 Å². The Labute approximate surface area is 275 Å². The molecular weight excluding hydrogens is 676 g/mol. The van der Waals surface area contributed by atoms with E-state index < -0.39 is 0 Å². The molecule has 0 aliphatic rings. The van der Waals surface area contributed by atoms with Crippen LogP contribution in [0.5, 0.6) is 11.5 Å². The van der Waals surface area contributed by atoms with Gasteiger partial charge in [0.15, 0.2) is 0 Å². The predicted octanol–water partition coefficient (Wildman–Crippen LogP) is 11.7. The molecule has 6 aromatic rings. The molecule has 0 saturated heterocycles. The predicted molar refractivity (Wildman–Crippen MR) is 191 cm³/mol. The number of hydrogen-bond donors (Lipinski definition) is 2. The molecule has 0 heterocycles.